The second-order valence-electron chi connectivity index (χ2n) is 4.40. The summed E-state index contributed by atoms with van der Waals surface area (Å²) in [5.74, 6) is 0. The van der Waals surface area contributed by atoms with Gasteiger partial charge in [0.15, 0.2) is 0 Å². The largest absolute Gasteiger partial charge is 0.329 e. The van der Waals surface area contributed by atoms with Crippen molar-refractivity contribution in [2.75, 3.05) is 13.1 Å². The Hall–Kier alpha value is -0.840. The SMILES string of the molecule is Cl.N#Cc1ccc(S(=O)(=O)N2CCCC2CN)c(Cl)c1. The zero-order valence-electron chi connectivity index (χ0n) is 10.6. The van der Waals surface area contributed by atoms with Gasteiger partial charge in [0.1, 0.15) is 4.90 Å². The summed E-state index contributed by atoms with van der Waals surface area (Å²) in [6.45, 7) is 0.758. The van der Waals surface area contributed by atoms with Crippen LogP contribution in [0.25, 0.3) is 0 Å². The van der Waals surface area contributed by atoms with Crippen LogP contribution in [-0.4, -0.2) is 31.9 Å². The lowest BCUT2D eigenvalue weighted by molar-refractivity contribution is 0.393. The minimum atomic E-state index is -3.64. The first-order valence-electron chi connectivity index (χ1n) is 5.92. The van der Waals surface area contributed by atoms with Gasteiger partial charge < -0.3 is 5.73 Å². The van der Waals surface area contributed by atoms with E-state index in [-0.39, 0.29) is 28.4 Å². The first-order chi connectivity index (χ1) is 9.00. The molecule has 110 valence electrons. The second kappa shape index (κ2) is 6.74. The zero-order chi connectivity index (χ0) is 14.0. The van der Waals surface area contributed by atoms with E-state index in [1.54, 1.807) is 0 Å². The molecular weight excluding hydrogens is 321 g/mol. The topological polar surface area (TPSA) is 87.2 Å². The van der Waals surface area contributed by atoms with Crippen molar-refractivity contribution in [3.8, 4) is 6.07 Å². The van der Waals surface area contributed by atoms with Gasteiger partial charge in [-0.25, -0.2) is 8.42 Å². The van der Waals surface area contributed by atoms with Crippen LogP contribution in [0.5, 0.6) is 0 Å². The van der Waals surface area contributed by atoms with E-state index in [1.165, 1.54) is 22.5 Å². The molecule has 1 aromatic carbocycles. The van der Waals surface area contributed by atoms with Crippen molar-refractivity contribution in [1.29, 1.82) is 5.26 Å². The van der Waals surface area contributed by atoms with Crippen LogP contribution in [0, 0.1) is 11.3 Å². The molecule has 1 saturated heterocycles. The summed E-state index contributed by atoms with van der Waals surface area (Å²) in [5, 5.41) is 8.83. The maximum absolute atomic E-state index is 12.5. The van der Waals surface area contributed by atoms with Crippen molar-refractivity contribution < 1.29 is 8.42 Å². The minimum Gasteiger partial charge on any atom is -0.329 e. The highest BCUT2D eigenvalue weighted by Gasteiger charge is 2.35. The van der Waals surface area contributed by atoms with Crippen LogP contribution in [0.2, 0.25) is 5.02 Å². The number of hydrogen-bond acceptors (Lipinski definition) is 4. The number of nitrogens with zero attached hydrogens (tertiary/aromatic N) is 2. The van der Waals surface area contributed by atoms with Gasteiger partial charge in [-0.15, -0.1) is 12.4 Å². The molecule has 0 saturated carbocycles. The highest BCUT2D eigenvalue weighted by Crippen LogP contribution is 2.30. The number of nitriles is 1. The van der Waals surface area contributed by atoms with E-state index in [1.807, 2.05) is 6.07 Å². The standard InChI is InChI=1S/C12H14ClN3O2S.ClH/c13-11-6-9(7-14)3-4-12(11)19(17,18)16-5-1-2-10(16)8-15;/h3-4,6,10H,1-2,5,8,15H2;1H. The number of benzene rings is 1. The van der Waals surface area contributed by atoms with Gasteiger partial charge in [-0.1, -0.05) is 11.6 Å². The Bertz CT molecular complexity index is 628. The summed E-state index contributed by atoms with van der Waals surface area (Å²) in [4.78, 5) is 0.0357. The van der Waals surface area contributed by atoms with Gasteiger partial charge in [0.25, 0.3) is 0 Å². The lowest BCUT2D eigenvalue weighted by Crippen LogP contribution is -2.39. The average molecular weight is 336 g/mol. The molecule has 1 aliphatic heterocycles. The normalized spacial score (nSPS) is 19.4. The molecule has 0 amide bonds. The molecule has 1 unspecified atom stereocenters. The monoisotopic (exact) mass is 335 g/mol. The van der Waals surface area contributed by atoms with E-state index in [2.05, 4.69) is 0 Å². The molecule has 1 aromatic rings. The molecule has 0 bridgehead atoms. The quantitative estimate of drug-likeness (QED) is 0.911. The van der Waals surface area contributed by atoms with Gasteiger partial charge >= 0.3 is 0 Å². The molecular formula is C12H15Cl2N3O2S. The van der Waals surface area contributed by atoms with Crippen LogP contribution in [0.4, 0.5) is 0 Å². The fraction of sp³-hybridized carbons (Fsp3) is 0.417. The van der Waals surface area contributed by atoms with Crippen molar-refractivity contribution in [3.63, 3.8) is 0 Å². The van der Waals surface area contributed by atoms with E-state index in [4.69, 9.17) is 22.6 Å². The lowest BCUT2D eigenvalue weighted by atomic mass is 10.2. The molecule has 1 aliphatic rings. The van der Waals surface area contributed by atoms with Crippen molar-refractivity contribution in [1.82, 2.24) is 4.31 Å². The molecule has 1 heterocycles. The Balaban J connectivity index is 0.00000200. The van der Waals surface area contributed by atoms with Crippen LogP contribution in [0.15, 0.2) is 23.1 Å². The van der Waals surface area contributed by atoms with Crippen LogP contribution >= 0.6 is 24.0 Å². The first kappa shape index (κ1) is 17.2. The average Bonchev–Trinajstić information content (AvgIpc) is 2.87. The molecule has 8 heteroatoms. The van der Waals surface area contributed by atoms with Crippen LogP contribution < -0.4 is 5.73 Å². The third kappa shape index (κ3) is 3.08. The van der Waals surface area contributed by atoms with Gasteiger partial charge in [0, 0.05) is 19.1 Å². The van der Waals surface area contributed by atoms with Gasteiger partial charge in [-0.3, -0.25) is 0 Å². The fourth-order valence-corrected chi connectivity index (χ4v) is 4.49. The Kier molecular flexibility index (Phi) is 5.80. The number of nitrogens with two attached hydrogens (primary N) is 1. The zero-order valence-corrected chi connectivity index (χ0v) is 13.0. The maximum atomic E-state index is 12.5. The highest BCUT2D eigenvalue weighted by molar-refractivity contribution is 7.89. The molecule has 1 fully saturated rings. The summed E-state index contributed by atoms with van der Waals surface area (Å²) in [6.07, 6.45) is 1.57. The van der Waals surface area contributed by atoms with Crippen molar-refractivity contribution >= 4 is 34.0 Å². The molecule has 2 rings (SSSR count). The molecule has 0 aromatic heterocycles. The second-order valence-corrected chi connectivity index (χ2v) is 6.67. The maximum Gasteiger partial charge on any atom is 0.244 e. The van der Waals surface area contributed by atoms with Gasteiger partial charge in [0.2, 0.25) is 10.0 Å². The Labute approximate surface area is 129 Å². The van der Waals surface area contributed by atoms with Crippen LogP contribution in [0.3, 0.4) is 0 Å². The number of hydrogen-bond donors (Lipinski definition) is 1. The number of sulfonamides is 1. The van der Waals surface area contributed by atoms with E-state index >= 15 is 0 Å². The molecule has 2 N–H and O–H groups in total. The molecule has 20 heavy (non-hydrogen) atoms. The predicted molar refractivity (Wildman–Crippen MR) is 79.4 cm³/mol. The van der Waals surface area contributed by atoms with Crippen molar-refractivity contribution in [2.24, 2.45) is 5.73 Å². The van der Waals surface area contributed by atoms with Gasteiger partial charge in [-0.2, -0.15) is 9.57 Å². The fourth-order valence-electron chi connectivity index (χ4n) is 2.27. The van der Waals surface area contributed by atoms with Crippen LogP contribution in [-0.2, 0) is 10.0 Å². The lowest BCUT2D eigenvalue weighted by Gasteiger charge is -2.23. The summed E-state index contributed by atoms with van der Waals surface area (Å²) >= 11 is 5.97. The smallest absolute Gasteiger partial charge is 0.244 e. The predicted octanol–water partition coefficient (Wildman–Crippen LogP) is 1.75. The number of rotatable bonds is 3. The first-order valence-corrected chi connectivity index (χ1v) is 7.74. The minimum absolute atomic E-state index is 0. The summed E-state index contributed by atoms with van der Waals surface area (Å²) in [7, 11) is -3.64. The molecule has 0 radical (unpaired) electrons. The Morgan fingerprint density at radius 2 is 2.20 bits per heavy atom. The third-order valence-corrected chi connectivity index (χ3v) is 5.68. The summed E-state index contributed by atoms with van der Waals surface area (Å²) in [6, 6.07) is 5.94. The molecule has 0 aliphatic carbocycles. The Morgan fingerprint density at radius 3 is 2.75 bits per heavy atom. The summed E-state index contributed by atoms with van der Waals surface area (Å²) in [5.41, 5.74) is 5.93. The van der Waals surface area contributed by atoms with Crippen LogP contribution in [0.1, 0.15) is 18.4 Å². The Morgan fingerprint density at radius 1 is 1.50 bits per heavy atom. The van der Waals surface area contributed by atoms with Gasteiger partial charge in [0.05, 0.1) is 16.7 Å². The van der Waals surface area contributed by atoms with E-state index in [0.717, 1.165) is 12.8 Å². The number of halogens is 2. The summed E-state index contributed by atoms with van der Waals surface area (Å²) < 4.78 is 26.5. The molecule has 0 spiro atoms. The van der Waals surface area contributed by atoms with E-state index < -0.39 is 10.0 Å². The third-order valence-electron chi connectivity index (χ3n) is 3.24. The molecule has 5 nitrogen and oxygen atoms in total. The molecule has 1 atom stereocenters. The van der Waals surface area contributed by atoms with Crippen molar-refractivity contribution in [3.05, 3.63) is 28.8 Å². The van der Waals surface area contributed by atoms with Crippen molar-refractivity contribution in [2.45, 2.75) is 23.8 Å². The highest BCUT2D eigenvalue weighted by atomic mass is 35.5. The van der Waals surface area contributed by atoms with E-state index in [9.17, 15) is 8.42 Å². The van der Waals surface area contributed by atoms with E-state index in [0.29, 0.717) is 18.7 Å². The van der Waals surface area contributed by atoms with Gasteiger partial charge in [-0.05, 0) is 31.0 Å².